The zero-order valence-corrected chi connectivity index (χ0v) is 17.2. The molecule has 0 radical (unpaired) electrons. The molecule has 0 unspecified atom stereocenters. The fourth-order valence-electron chi connectivity index (χ4n) is 3.73. The normalized spacial score (nSPS) is 13.5. The van der Waals surface area contributed by atoms with E-state index >= 15 is 0 Å². The predicted molar refractivity (Wildman–Crippen MR) is 118 cm³/mol. The standard InChI is InChI=1S/C25H24FN3O2/c26-22-13-7-8-14-23(22)29-16-15-27(25(29)31)19-24(30)28(17-20-9-3-1-4-10-20)18-21-11-5-2-6-12-21/h1-14H,15-19H2. The second-order valence-corrected chi connectivity index (χ2v) is 7.53. The Labute approximate surface area is 181 Å². The molecule has 1 heterocycles. The summed E-state index contributed by atoms with van der Waals surface area (Å²) in [7, 11) is 0. The van der Waals surface area contributed by atoms with Crippen molar-refractivity contribution >= 4 is 17.6 Å². The summed E-state index contributed by atoms with van der Waals surface area (Å²) in [6.45, 7) is 1.60. The van der Waals surface area contributed by atoms with Crippen LogP contribution in [-0.4, -0.2) is 41.4 Å². The maximum atomic E-state index is 14.1. The van der Waals surface area contributed by atoms with Gasteiger partial charge in [0, 0.05) is 26.2 Å². The minimum absolute atomic E-state index is 0.0382. The molecule has 1 fully saturated rings. The fourth-order valence-corrected chi connectivity index (χ4v) is 3.73. The van der Waals surface area contributed by atoms with Gasteiger partial charge in [-0.05, 0) is 23.3 Å². The lowest BCUT2D eigenvalue weighted by Gasteiger charge is -2.26. The molecule has 1 aliphatic rings. The van der Waals surface area contributed by atoms with Gasteiger partial charge in [-0.1, -0.05) is 72.8 Å². The molecule has 0 aromatic heterocycles. The lowest BCUT2D eigenvalue weighted by atomic mass is 10.1. The van der Waals surface area contributed by atoms with Gasteiger partial charge in [0.2, 0.25) is 5.91 Å². The molecule has 3 aromatic rings. The number of hydrogen-bond donors (Lipinski definition) is 0. The van der Waals surface area contributed by atoms with Gasteiger partial charge < -0.3 is 9.80 Å². The Bertz CT molecular complexity index is 1000. The molecule has 0 atom stereocenters. The minimum atomic E-state index is -0.446. The minimum Gasteiger partial charge on any atom is -0.333 e. The molecule has 158 valence electrons. The molecule has 4 rings (SSSR count). The molecular formula is C25H24FN3O2. The number of rotatable bonds is 7. The Hall–Kier alpha value is -3.67. The van der Waals surface area contributed by atoms with E-state index < -0.39 is 5.82 Å². The third-order valence-electron chi connectivity index (χ3n) is 5.35. The summed E-state index contributed by atoms with van der Waals surface area (Å²) >= 11 is 0. The number of carbonyl (C=O) groups excluding carboxylic acids is 2. The van der Waals surface area contributed by atoms with Crippen molar-refractivity contribution in [2.45, 2.75) is 13.1 Å². The summed E-state index contributed by atoms with van der Waals surface area (Å²) in [6.07, 6.45) is 0. The molecule has 0 N–H and O–H groups in total. The first-order chi connectivity index (χ1) is 15.1. The van der Waals surface area contributed by atoms with Crippen molar-refractivity contribution in [2.75, 3.05) is 24.5 Å². The number of para-hydroxylation sites is 1. The summed E-state index contributed by atoms with van der Waals surface area (Å²) < 4.78 is 14.1. The zero-order chi connectivity index (χ0) is 21.6. The van der Waals surface area contributed by atoms with E-state index in [-0.39, 0.29) is 24.2 Å². The Balaban J connectivity index is 1.48. The number of hydrogen-bond acceptors (Lipinski definition) is 2. The number of halogens is 1. The number of amides is 3. The van der Waals surface area contributed by atoms with Crippen molar-refractivity contribution in [1.82, 2.24) is 9.80 Å². The Morgan fingerprint density at radius 1 is 0.806 bits per heavy atom. The molecule has 31 heavy (non-hydrogen) atoms. The molecule has 0 aliphatic carbocycles. The van der Waals surface area contributed by atoms with Gasteiger partial charge in [-0.3, -0.25) is 9.69 Å². The molecule has 5 nitrogen and oxygen atoms in total. The molecule has 0 bridgehead atoms. The summed E-state index contributed by atoms with van der Waals surface area (Å²) in [5.74, 6) is -0.588. The Morgan fingerprint density at radius 2 is 1.35 bits per heavy atom. The fraction of sp³-hybridized carbons (Fsp3) is 0.200. The van der Waals surface area contributed by atoms with Gasteiger partial charge >= 0.3 is 6.03 Å². The number of urea groups is 1. The average Bonchev–Trinajstić information content (AvgIpc) is 3.15. The van der Waals surface area contributed by atoms with E-state index in [9.17, 15) is 14.0 Å². The predicted octanol–water partition coefficient (Wildman–Crippen LogP) is 4.30. The third-order valence-corrected chi connectivity index (χ3v) is 5.35. The monoisotopic (exact) mass is 417 g/mol. The molecular weight excluding hydrogens is 393 g/mol. The van der Waals surface area contributed by atoms with E-state index in [1.54, 1.807) is 23.1 Å². The topological polar surface area (TPSA) is 43.9 Å². The molecule has 0 spiro atoms. The smallest absolute Gasteiger partial charge is 0.325 e. The van der Waals surface area contributed by atoms with Gasteiger partial charge in [-0.25, -0.2) is 9.18 Å². The van der Waals surface area contributed by atoms with Crippen molar-refractivity contribution in [2.24, 2.45) is 0 Å². The Morgan fingerprint density at radius 3 is 1.94 bits per heavy atom. The highest BCUT2D eigenvalue weighted by atomic mass is 19.1. The lowest BCUT2D eigenvalue weighted by molar-refractivity contribution is -0.132. The van der Waals surface area contributed by atoms with Crippen LogP contribution in [0.1, 0.15) is 11.1 Å². The third kappa shape index (κ3) is 4.91. The summed E-state index contributed by atoms with van der Waals surface area (Å²) in [4.78, 5) is 30.7. The average molecular weight is 417 g/mol. The van der Waals surface area contributed by atoms with Crippen LogP contribution in [0.3, 0.4) is 0 Å². The van der Waals surface area contributed by atoms with Crippen molar-refractivity contribution in [3.8, 4) is 0 Å². The molecule has 6 heteroatoms. The first-order valence-electron chi connectivity index (χ1n) is 10.3. The Kier molecular flexibility index (Phi) is 6.26. The van der Waals surface area contributed by atoms with Gasteiger partial charge in [0.1, 0.15) is 12.4 Å². The summed E-state index contributed by atoms with van der Waals surface area (Å²) in [6, 6.07) is 25.4. The molecule has 3 amide bonds. The van der Waals surface area contributed by atoms with Gasteiger partial charge in [0.15, 0.2) is 0 Å². The van der Waals surface area contributed by atoms with Gasteiger partial charge in [0.05, 0.1) is 5.69 Å². The van der Waals surface area contributed by atoms with Crippen LogP contribution in [0.5, 0.6) is 0 Å². The van der Waals surface area contributed by atoms with Crippen LogP contribution < -0.4 is 4.90 Å². The highest BCUT2D eigenvalue weighted by Gasteiger charge is 2.33. The van der Waals surface area contributed by atoms with Crippen LogP contribution in [0.2, 0.25) is 0 Å². The van der Waals surface area contributed by atoms with E-state index in [0.717, 1.165) is 11.1 Å². The summed E-state index contributed by atoms with van der Waals surface area (Å²) in [5, 5.41) is 0. The molecule has 1 saturated heterocycles. The molecule has 3 aromatic carbocycles. The molecule has 0 saturated carbocycles. The van der Waals surface area contributed by atoms with E-state index in [1.165, 1.54) is 15.9 Å². The maximum Gasteiger partial charge on any atom is 0.325 e. The second-order valence-electron chi connectivity index (χ2n) is 7.53. The quantitative estimate of drug-likeness (QED) is 0.575. The van der Waals surface area contributed by atoms with E-state index in [2.05, 4.69) is 0 Å². The largest absolute Gasteiger partial charge is 0.333 e. The van der Waals surface area contributed by atoms with Crippen LogP contribution in [0.4, 0.5) is 14.9 Å². The second kappa shape index (κ2) is 9.43. The first-order valence-corrected chi connectivity index (χ1v) is 10.3. The van der Waals surface area contributed by atoms with E-state index in [1.807, 2.05) is 60.7 Å². The number of anilines is 1. The maximum absolute atomic E-state index is 14.1. The molecule has 1 aliphatic heterocycles. The van der Waals surface area contributed by atoms with Crippen molar-refractivity contribution in [3.63, 3.8) is 0 Å². The van der Waals surface area contributed by atoms with Gasteiger partial charge in [0.25, 0.3) is 0 Å². The van der Waals surface area contributed by atoms with Crippen LogP contribution in [0.15, 0.2) is 84.9 Å². The highest BCUT2D eigenvalue weighted by Crippen LogP contribution is 2.23. The van der Waals surface area contributed by atoms with Gasteiger partial charge in [-0.2, -0.15) is 0 Å². The highest BCUT2D eigenvalue weighted by molar-refractivity contribution is 5.96. The van der Waals surface area contributed by atoms with Crippen molar-refractivity contribution in [3.05, 3.63) is 102 Å². The van der Waals surface area contributed by atoms with Crippen LogP contribution in [0.25, 0.3) is 0 Å². The zero-order valence-electron chi connectivity index (χ0n) is 17.2. The first kappa shape index (κ1) is 20.6. The van der Waals surface area contributed by atoms with Crippen molar-refractivity contribution in [1.29, 1.82) is 0 Å². The number of nitrogens with zero attached hydrogens (tertiary/aromatic N) is 3. The lowest BCUT2D eigenvalue weighted by Crippen LogP contribution is -2.41. The van der Waals surface area contributed by atoms with Crippen LogP contribution >= 0.6 is 0 Å². The SMILES string of the molecule is O=C(CN1CCN(c2ccccc2F)C1=O)N(Cc1ccccc1)Cc1ccccc1. The van der Waals surface area contributed by atoms with Crippen LogP contribution in [-0.2, 0) is 17.9 Å². The summed E-state index contributed by atoms with van der Waals surface area (Å²) in [5.41, 5.74) is 2.29. The van der Waals surface area contributed by atoms with Crippen LogP contribution in [0, 0.1) is 5.82 Å². The van der Waals surface area contributed by atoms with Gasteiger partial charge in [-0.15, -0.1) is 0 Å². The van der Waals surface area contributed by atoms with Crippen molar-refractivity contribution < 1.29 is 14.0 Å². The van der Waals surface area contributed by atoms with E-state index in [0.29, 0.717) is 26.2 Å². The van der Waals surface area contributed by atoms with E-state index in [4.69, 9.17) is 0 Å². The number of benzene rings is 3. The number of carbonyl (C=O) groups is 2.